The predicted molar refractivity (Wildman–Crippen MR) is 60.1 cm³/mol. The first-order valence-corrected chi connectivity index (χ1v) is 5.21. The molecule has 4 heteroatoms. The minimum atomic E-state index is -0.398. The summed E-state index contributed by atoms with van der Waals surface area (Å²) in [6.45, 7) is 4.41. The average molecular weight is 224 g/mol. The van der Waals surface area contributed by atoms with Crippen LogP contribution in [0.2, 0.25) is 0 Å². The predicted octanol–water partition coefficient (Wildman–Crippen LogP) is 2.27. The number of benzene rings is 1. The zero-order valence-electron chi connectivity index (χ0n) is 9.78. The van der Waals surface area contributed by atoms with Crippen molar-refractivity contribution in [2.75, 3.05) is 20.3 Å². The Balaban J connectivity index is 3.10. The van der Waals surface area contributed by atoms with Crippen LogP contribution in [-0.2, 0) is 4.74 Å². The maximum Gasteiger partial charge on any atom is 0.342 e. The second-order valence-electron chi connectivity index (χ2n) is 2.99. The van der Waals surface area contributed by atoms with Crippen molar-refractivity contribution in [2.45, 2.75) is 13.8 Å². The highest BCUT2D eigenvalue weighted by Gasteiger charge is 2.17. The fourth-order valence-corrected chi connectivity index (χ4v) is 1.34. The lowest BCUT2D eigenvalue weighted by Crippen LogP contribution is -2.08. The van der Waals surface area contributed by atoms with Gasteiger partial charge in [0.1, 0.15) is 5.56 Å². The van der Waals surface area contributed by atoms with Crippen LogP contribution in [0.3, 0.4) is 0 Å². The molecule has 4 nitrogen and oxygen atoms in total. The SMILES string of the molecule is CCOC(=O)c1cccc(OC)c1OCC. The molecule has 0 N–H and O–H groups in total. The summed E-state index contributed by atoms with van der Waals surface area (Å²) in [5.41, 5.74) is 0.392. The van der Waals surface area contributed by atoms with Gasteiger partial charge in [0.2, 0.25) is 0 Å². The summed E-state index contributed by atoms with van der Waals surface area (Å²) in [4.78, 5) is 11.7. The standard InChI is InChI=1S/C12H16O4/c1-4-15-11-9(12(13)16-5-2)7-6-8-10(11)14-3/h6-8H,4-5H2,1-3H3. The van der Waals surface area contributed by atoms with Gasteiger partial charge in [-0.15, -0.1) is 0 Å². The van der Waals surface area contributed by atoms with Crippen molar-refractivity contribution in [2.24, 2.45) is 0 Å². The summed E-state index contributed by atoms with van der Waals surface area (Å²) in [6, 6.07) is 5.13. The van der Waals surface area contributed by atoms with Gasteiger partial charge in [-0.2, -0.15) is 0 Å². The Hall–Kier alpha value is -1.71. The number of rotatable bonds is 5. The first kappa shape index (κ1) is 12.4. The largest absolute Gasteiger partial charge is 0.493 e. The summed E-state index contributed by atoms with van der Waals surface area (Å²) in [6.07, 6.45) is 0. The van der Waals surface area contributed by atoms with Crippen LogP contribution in [0.1, 0.15) is 24.2 Å². The molecule has 0 spiro atoms. The van der Waals surface area contributed by atoms with E-state index in [0.717, 1.165) is 0 Å². The van der Waals surface area contributed by atoms with Crippen LogP contribution in [0.15, 0.2) is 18.2 Å². The number of ether oxygens (including phenoxy) is 3. The first-order chi connectivity index (χ1) is 7.74. The van der Waals surface area contributed by atoms with E-state index in [2.05, 4.69) is 0 Å². The second kappa shape index (κ2) is 6.00. The molecule has 0 aliphatic heterocycles. The summed E-state index contributed by atoms with van der Waals surface area (Å²) in [5.74, 6) is 0.572. The molecule has 0 aliphatic rings. The van der Waals surface area contributed by atoms with Gasteiger partial charge in [-0.25, -0.2) is 4.79 Å². The van der Waals surface area contributed by atoms with Crippen molar-refractivity contribution in [1.29, 1.82) is 0 Å². The lowest BCUT2D eigenvalue weighted by atomic mass is 10.2. The summed E-state index contributed by atoms with van der Waals surface area (Å²) in [7, 11) is 1.53. The van der Waals surface area contributed by atoms with Gasteiger partial charge < -0.3 is 14.2 Å². The van der Waals surface area contributed by atoms with E-state index in [1.807, 2.05) is 6.92 Å². The van der Waals surface area contributed by atoms with Crippen molar-refractivity contribution in [1.82, 2.24) is 0 Å². The number of hydrogen-bond donors (Lipinski definition) is 0. The minimum Gasteiger partial charge on any atom is -0.493 e. The Labute approximate surface area is 95.1 Å². The number of methoxy groups -OCH3 is 1. The molecule has 16 heavy (non-hydrogen) atoms. The third-order valence-corrected chi connectivity index (χ3v) is 1.98. The Bertz CT molecular complexity index is 360. The van der Waals surface area contributed by atoms with Gasteiger partial charge in [-0.3, -0.25) is 0 Å². The van der Waals surface area contributed by atoms with Gasteiger partial charge >= 0.3 is 5.97 Å². The average Bonchev–Trinajstić information content (AvgIpc) is 2.30. The van der Waals surface area contributed by atoms with Crippen molar-refractivity contribution in [3.05, 3.63) is 23.8 Å². The molecule has 1 rings (SSSR count). The van der Waals surface area contributed by atoms with Crippen molar-refractivity contribution < 1.29 is 19.0 Å². The van der Waals surface area contributed by atoms with Gasteiger partial charge in [-0.1, -0.05) is 6.07 Å². The molecule has 0 radical (unpaired) electrons. The second-order valence-corrected chi connectivity index (χ2v) is 2.99. The molecule has 1 aromatic rings. The first-order valence-electron chi connectivity index (χ1n) is 5.21. The van der Waals surface area contributed by atoms with E-state index in [9.17, 15) is 4.79 Å². The smallest absolute Gasteiger partial charge is 0.342 e. The number of esters is 1. The molecule has 0 aliphatic carbocycles. The number of carbonyl (C=O) groups excluding carboxylic acids is 1. The van der Waals surface area contributed by atoms with Crippen LogP contribution in [0, 0.1) is 0 Å². The van der Waals surface area contributed by atoms with E-state index < -0.39 is 5.97 Å². The van der Waals surface area contributed by atoms with Crippen LogP contribution < -0.4 is 9.47 Å². The van der Waals surface area contributed by atoms with E-state index in [1.54, 1.807) is 25.1 Å². The van der Waals surface area contributed by atoms with Gasteiger partial charge in [-0.05, 0) is 26.0 Å². The molecule has 0 heterocycles. The lowest BCUT2D eigenvalue weighted by molar-refractivity contribution is 0.0521. The monoisotopic (exact) mass is 224 g/mol. The zero-order valence-corrected chi connectivity index (χ0v) is 9.78. The van der Waals surface area contributed by atoms with Crippen LogP contribution in [0.25, 0.3) is 0 Å². The summed E-state index contributed by atoms with van der Waals surface area (Å²) < 4.78 is 15.5. The number of para-hydroxylation sites is 1. The molecule has 0 saturated heterocycles. The van der Waals surface area contributed by atoms with E-state index >= 15 is 0 Å². The van der Waals surface area contributed by atoms with Crippen molar-refractivity contribution in [3.8, 4) is 11.5 Å². The molecule has 1 aromatic carbocycles. The molecule has 0 aromatic heterocycles. The molecular weight excluding hydrogens is 208 g/mol. The fourth-order valence-electron chi connectivity index (χ4n) is 1.34. The Morgan fingerprint density at radius 1 is 1.25 bits per heavy atom. The maximum atomic E-state index is 11.7. The van der Waals surface area contributed by atoms with Crippen LogP contribution in [-0.4, -0.2) is 26.3 Å². The third kappa shape index (κ3) is 2.66. The quantitative estimate of drug-likeness (QED) is 0.720. The Kier molecular flexibility index (Phi) is 4.64. The molecule has 0 amide bonds. The highest BCUT2D eigenvalue weighted by Crippen LogP contribution is 2.31. The Morgan fingerprint density at radius 3 is 2.56 bits per heavy atom. The van der Waals surface area contributed by atoms with Crippen molar-refractivity contribution in [3.63, 3.8) is 0 Å². The summed E-state index contributed by atoms with van der Waals surface area (Å²) in [5, 5.41) is 0. The fraction of sp³-hybridized carbons (Fsp3) is 0.417. The van der Waals surface area contributed by atoms with Gasteiger partial charge in [0, 0.05) is 0 Å². The maximum absolute atomic E-state index is 11.7. The highest BCUT2D eigenvalue weighted by molar-refractivity contribution is 5.93. The third-order valence-electron chi connectivity index (χ3n) is 1.98. The van der Waals surface area contributed by atoms with Gasteiger partial charge in [0.15, 0.2) is 11.5 Å². The van der Waals surface area contributed by atoms with Gasteiger partial charge in [0.25, 0.3) is 0 Å². The molecule has 0 atom stereocenters. The molecule has 88 valence electrons. The van der Waals surface area contributed by atoms with E-state index in [0.29, 0.717) is 30.3 Å². The minimum absolute atomic E-state index is 0.335. The highest BCUT2D eigenvalue weighted by atomic mass is 16.5. The normalized spacial score (nSPS) is 9.69. The van der Waals surface area contributed by atoms with E-state index in [4.69, 9.17) is 14.2 Å². The number of hydrogen-bond acceptors (Lipinski definition) is 4. The topological polar surface area (TPSA) is 44.8 Å². The zero-order chi connectivity index (χ0) is 12.0. The van der Waals surface area contributed by atoms with Crippen LogP contribution in [0.5, 0.6) is 11.5 Å². The molecule has 0 unspecified atom stereocenters. The van der Waals surface area contributed by atoms with E-state index in [-0.39, 0.29) is 0 Å². The molecule has 0 bridgehead atoms. The van der Waals surface area contributed by atoms with Crippen LogP contribution in [0.4, 0.5) is 0 Å². The molecule has 0 saturated carbocycles. The van der Waals surface area contributed by atoms with Gasteiger partial charge in [0.05, 0.1) is 20.3 Å². The van der Waals surface area contributed by atoms with E-state index in [1.165, 1.54) is 7.11 Å². The Morgan fingerprint density at radius 2 is 2.00 bits per heavy atom. The molecular formula is C12H16O4. The summed E-state index contributed by atoms with van der Waals surface area (Å²) >= 11 is 0. The lowest BCUT2D eigenvalue weighted by Gasteiger charge is -2.12. The number of carbonyl (C=O) groups is 1. The molecule has 0 fully saturated rings. The van der Waals surface area contributed by atoms with Crippen molar-refractivity contribution >= 4 is 5.97 Å². The van der Waals surface area contributed by atoms with Crippen LogP contribution >= 0.6 is 0 Å².